The molecule has 1 aliphatic rings. The molecule has 0 bridgehead atoms. The number of nitro benzene ring substituents is 1. The molecule has 1 fully saturated rings. The number of thioether (sulfide) groups is 1. The maximum atomic E-state index is 12.5. The summed E-state index contributed by atoms with van der Waals surface area (Å²) in [5, 5.41) is 20.6. The third kappa shape index (κ3) is 5.64. The number of nitrogens with zero attached hydrogens (tertiary/aromatic N) is 2. The van der Waals surface area contributed by atoms with Crippen molar-refractivity contribution in [3.8, 4) is 5.75 Å². The molecule has 0 radical (unpaired) electrons. The fourth-order valence-electron chi connectivity index (χ4n) is 3.27. The lowest BCUT2D eigenvalue weighted by Gasteiger charge is -2.22. The van der Waals surface area contributed by atoms with Gasteiger partial charge < -0.3 is 19.5 Å². The molecule has 0 unspecified atom stereocenters. The van der Waals surface area contributed by atoms with Crippen LogP contribution in [0.5, 0.6) is 5.75 Å². The molecule has 0 aromatic heterocycles. The number of benzene rings is 2. The normalized spacial score (nSPS) is 18.3. The minimum atomic E-state index is -0.486. The highest BCUT2D eigenvalue weighted by Gasteiger charge is 2.36. The number of ether oxygens (including phenoxy) is 2. The fourth-order valence-corrected chi connectivity index (χ4v) is 4.51. The second-order valence-corrected chi connectivity index (χ2v) is 8.27. The van der Waals surface area contributed by atoms with Crippen molar-refractivity contribution >= 4 is 23.5 Å². The first-order valence-corrected chi connectivity index (χ1v) is 10.6. The van der Waals surface area contributed by atoms with Crippen LogP contribution in [0, 0.1) is 10.1 Å². The number of carbonyl (C=O) groups is 1. The van der Waals surface area contributed by atoms with Crippen molar-refractivity contribution in [1.82, 2.24) is 4.90 Å². The summed E-state index contributed by atoms with van der Waals surface area (Å²) in [6.45, 7) is 0.409. The molecule has 1 heterocycles. The topological polar surface area (TPSA) is 102 Å². The van der Waals surface area contributed by atoms with Crippen molar-refractivity contribution in [3.63, 3.8) is 0 Å². The largest absolute Gasteiger partial charge is 0.497 e. The molecule has 2 aromatic carbocycles. The van der Waals surface area contributed by atoms with Crippen molar-refractivity contribution in [2.75, 3.05) is 20.3 Å². The molecule has 1 saturated heterocycles. The van der Waals surface area contributed by atoms with Crippen LogP contribution < -0.4 is 4.74 Å². The predicted molar refractivity (Wildman–Crippen MR) is 114 cm³/mol. The Morgan fingerprint density at radius 1 is 1.20 bits per heavy atom. The number of amides is 1. The van der Waals surface area contributed by atoms with E-state index in [-0.39, 0.29) is 30.2 Å². The molecule has 2 atom stereocenters. The molecule has 160 valence electrons. The van der Waals surface area contributed by atoms with E-state index in [2.05, 4.69) is 0 Å². The van der Waals surface area contributed by atoms with E-state index in [9.17, 15) is 20.0 Å². The number of hydrogen-bond donors (Lipinski definition) is 1. The zero-order valence-corrected chi connectivity index (χ0v) is 17.4. The number of likely N-dealkylation sites (tertiary alicyclic amines) is 1. The molecule has 1 amide bonds. The van der Waals surface area contributed by atoms with E-state index < -0.39 is 11.0 Å². The van der Waals surface area contributed by atoms with E-state index in [1.807, 2.05) is 24.3 Å². The Kier molecular flexibility index (Phi) is 7.53. The highest BCUT2D eigenvalue weighted by Crippen LogP contribution is 2.30. The molecule has 30 heavy (non-hydrogen) atoms. The van der Waals surface area contributed by atoms with Crippen LogP contribution in [0.1, 0.15) is 17.5 Å². The van der Waals surface area contributed by atoms with Crippen molar-refractivity contribution in [1.29, 1.82) is 0 Å². The average Bonchev–Trinajstić information content (AvgIpc) is 3.20. The smallest absolute Gasteiger partial charge is 0.410 e. The number of carbonyl (C=O) groups excluding carboxylic acids is 1. The Morgan fingerprint density at radius 2 is 1.87 bits per heavy atom. The molecule has 1 aliphatic heterocycles. The van der Waals surface area contributed by atoms with E-state index >= 15 is 0 Å². The average molecular weight is 432 g/mol. The van der Waals surface area contributed by atoms with Crippen molar-refractivity contribution in [3.05, 3.63) is 69.8 Å². The Balaban J connectivity index is 1.50. The van der Waals surface area contributed by atoms with E-state index in [1.165, 1.54) is 17.7 Å². The monoisotopic (exact) mass is 432 g/mol. The van der Waals surface area contributed by atoms with Crippen molar-refractivity contribution in [2.24, 2.45) is 0 Å². The molecule has 0 aliphatic carbocycles. The van der Waals surface area contributed by atoms with Gasteiger partial charge in [0, 0.05) is 29.7 Å². The molecule has 0 saturated carbocycles. The van der Waals surface area contributed by atoms with Crippen LogP contribution in [-0.4, -0.2) is 52.6 Å². The second-order valence-electron chi connectivity index (χ2n) is 6.98. The Labute approximate surface area is 178 Å². The lowest BCUT2D eigenvalue weighted by Crippen LogP contribution is -2.38. The maximum Gasteiger partial charge on any atom is 0.410 e. The standard InChI is InChI=1S/C21H24N2O6S/c1-28-19-8-4-16(5-9-19)14-30-20-10-18(12-24)22(11-20)21(25)29-13-15-2-6-17(7-3-15)23(26)27/h2-9,18,20,24H,10-14H2,1H3/t18-,20-/m0/s1. The second kappa shape index (κ2) is 10.3. The van der Waals surface area contributed by atoms with Crippen LogP contribution in [0.25, 0.3) is 0 Å². The number of methoxy groups -OCH3 is 1. The quantitative estimate of drug-likeness (QED) is 0.502. The summed E-state index contributed by atoms with van der Waals surface area (Å²) < 4.78 is 10.5. The predicted octanol–water partition coefficient (Wildman–Crippen LogP) is 3.61. The molecular formula is C21H24N2O6S. The number of aliphatic hydroxyl groups is 1. The van der Waals surface area contributed by atoms with Crippen LogP contribution in [0.15, 0.2) is 48.5 Å². The fraction of sp³-hybridized carbons (Fsp3) is 0.381. The van der Waals surface area contributed by atoms with Crippen LogP contribution >= 0.6 is 11.8 Å². The van der Waals surface area contributed by atoms with Gasteiger partial charge in [0.2, 0.25) is 0 Å². The van der Waals surface area contributed by atoms with Crippen LogP contribution in [0.4, 0.5) is 10.5 Å². The molecule has 8 nitrogen and oxygen atoms in total. The zero-order valence-electron chi connectivity index (χ0n) is 16.6. The summed E-state index contributed by atoms with van der Waals surface area (Å²) in [7, 11) is 1.63. The van der Waals surface area contributed by atoms with E-state index in [0.717, 1.165) is 11.5 Å². The first-order chi connectivity index (χ1) is 14.5. The first kappa shape index (κ1) is 21.9. The van der Waals surface area contributed by atoms with Crippen molar-refractivity contribution in [2.45, 2.75) is 30.1 Å². The van der Waals surface area contributed by atoms with Gasteiger partial charge >= 0.3 is 6.09 Å². The number of rotatable bonds is 8. The van der Waals surface area contributed by atoms with Gasteiger partial charge in [0.25, 0.3) is 5.69 Å². The number of aliphatic hydroxyl groups excluding tert-OH is 1. The van der Waals surface area contributed by atoms with Crippen LogP contribution in [0.2, 0.25) is 0 Å². The van der Waals surface area contributed by atoms with E-state index in [0.29, 0.717) is 18.5 Å². The summed E-state index contributed by atoms with van der Waals surface area (Å²) in [6, 6.07) is 13.5. The maximum absolute atomic E-state index is 12.5. The Bertz CT molecular complexity index is 859. The minimum absolute atomic E-state index is 0.0123. The van der Waals surface area contributed by atoms with Gasteiger partial charge in [-0.2, -0.15) is 11.8 Å². The van der Waals surface area contributed by atoms with Gasteiger partial charge in [-0.05, 0) is 41.8 Å². The van der Waals surface area contributed by atoms with Gasteiger partial charge in [0.05, 0.1) is 24.7 Å². The summed E-state index contributed by atoms with van der Waals surface area (Å²) in [6.07, 6.45) is 0.212. The van der Waals surface area contributed by atoms with E-state index in [4.69, 9.17) is 9.47 Å². The lowest BCUT2D eigenvalue weighted by molar-refractivity contribution is -0.384. The van der Waals surface area contributed by atoms with Gasteiger partial charge in [-0.3, -0.25) is 10.1 Å². The first-order valence-electron chi connectivity index (χ1n) is 9.52. The van der Waals surface area contributed by atoms with E-state index in [1.54, 1.807) is 35.9 Å². The minimum Gasteiger partial charge on any atom is -0.497 e. The number of nitro groups is 1. The zero-order chi connectivity index (χ0) is 21.5. The SMILES string of the molecule is COc1ccc(CS[C@H]2C[C@@H](CO)N(C(=O)OCc3ccc([N+](=O)[O-])cc3)C2)cc1. The Morgan fingerprint density at radius 3 is 2.47 bits per heavy atom. The van der Waals surface area contributed by atoms with Crippen LogP contribution in [-0.2, 0) is 17.1 Å². The summed E-state index contributed by atoms with van der Waals surface area (Å²) >= 11 is 1.74. The number of hydrogen-bond acceptors (Lipinski definition) is 7. The summed E-state index contributed by atoms with van der Waals surface area (Å²) in [5.41, 5.74) is 1.82. The summed E-state index contributed by atoms with van der Waals surface area (Å²) in [4.78, 5) is 24.3. The highest BCUT2D eigenvalue weighted by atomic mass is 32.2. The van der Waals surface area contributed by atoms with Gasteiger partial charge in [-0.15, -0.1) is 0 Å². The van der Waals surface area contributed by atoms with Gasteiger partial charge in [0.15, 0.2) is 0 Å². The highest BCUT2D eigenvalue weighted by molar-refractivity contribution is 7.99. The summed E-state index contributed by atoms with van der Waals surface area (Å²) in [5.74, 6) is 1.62. The van der Waals surface area contributed by atoms with Crippen LogP contribution in [0.3, 0.4) is 0 Å². The van der Waals surface area contributed by atoms with Gasteiger partial charge in [0.1, 0.15) is 12.4 Å². The van der Waals surface area contributed by atoms with Gasteiger partial charge in [-0.25, -0.2) is 4.79 Å². The molecule has 2 aromatic rings. The molecule has 1 N–H and O–H groups in total. The Hall–Kier alpha value is -2.78. The lowest BCUT2D eigenvalue weighted by atomic mass is 10.2. The van der Waals surface area contributed by atoms with Crippen molar-refractivity contribution < 1.29 is 24.3 Å². The molecule has 0 spiro atoms. The molecule has 3 rings (SSSR count). The third-order valence-electron chi connectivity index (χ3n) is 4.98. The van der Waals surface area contributed by atoms with Gasteiger partial charge in [-0.1, -0.05) is 12.1 Å². The molecule has 9 heteroatoms. The molecular weight excluding hydrogens is 408 g/mol. The third-order valence-corrected chi connectivity index (χ3v) is 6.29. The number of non-ortho nitro benzene ring substituents is 1.